The van der Waals surface area contributed by atoms with E-state index in [-0.39, 0.29) is 15.4 Å². The Morgan fingerprint density at radius 1 is 0.765 bits per heavy atom. The van der Waals surface area contributed by atoms with Crippen LogP contribution in [0.25, 0.3) is 33.5 Å². The molecule has 0 amide bonds. The molecule has 0 saturated heterocycles. The fraction of sp³-hybridized carbons (Fsp3) is 0.0400. The van der Waals surface area contributed by atoms with Gasteiger partial charge in [0.15, 0.2) is 5.03 Å². The average molecular weight is 479 g/mol. The van der Waals surface area contributed by atoms with E-state index in [1.54, 1.807) is 36.4 Å². The molecule has 0 radical (unpaired) electrons. The molecule has 0 aliphatic rings. The minimum Gasteiger partial charge on any atom is -0.338 e. The molecule has 5 nitrogen and oxygen atoms in total. The van der Waals surface area contributed by atoms with Crippen LogP contribution in [0.5, 0.6) is 0 Å². The van der Waals surface area contributed by atoms with Crippen LogP contribution >= 0.6 is 0 Å². The number of nitrogens with zero attached hydrogens (tertiary/aromatic N) is 2. The smallest absolute Gasteiger partial charge is 0.338 e. The number of aromatic amines is 1. The van der Waals surface area contributed by atoms with Crippen molar-refractivity contribution in [3.8, 4) is 22.5 Å². The first-order valence-corrected chi connectivity index (χ1v) is 11.6. The summed E-state index contributed by atoms with van der Waals surface area (Å²) < 4.78 is 64.3. The van der Waals surface area contributed by atoms with Crippen LogP contribution in [-0.2, 0) is 16.0 Å². The lowest BCUT2D eigenvalue weighted by Gasteiger charge is -2.06. The largest absolute Gasteiger partial charge is 0.416 e. The molecule has 0 spiro atoms. The second-order valence-electron chi connectivity index (χ2n) is 7.59. The maximum Gasteiger partial charge on any atom is 0.416 e. The van der Waals surface area contributed by atoms with E-state index in [1.807, 2.05) is 12.1 Å². The van der Waals surface area contributed by atoms with Crippen molar-refractivity contribution in [1.29, 1.82) is 0 Å². The zero-order valence-electron chi connectivity index (χ0n) is 17.4. The molecule has 3 aromatic carbocycles. The molecule has 5 rings (SSSR count). The van der Waals surface area contributed by atoms with Crippen molar-refractivity contribution >= 4 is 20.9 Å². The van der Waals surface area contributed by atoms with Gasteiger partial charge in [0.25, 0.3) is 0 Å². The van der Waals surface area contributed by atoms with Gasteiger partial charge < -0.3 is 4.98 Å². The molecule has 1 N–H and O–H groups in total. The van der Waals surface area contributed by atoms with Gasteiger partial charge in [0.1, 0.15) is 5.82 Å². The Morgan fingerprint density at radius 2 is 1.41 bits per heavy atom. The fourth-order valence-corrected chi connectivity index (χ4v) is 4.79. The maximum atomic E-state index is 13.0. The van der Waals surface area contributed by atoms with Gasteiger partial charge >= 0.3 is 6.18 Å². The molecule has 2 heterocycles. The van der Waals surface area contributed by atoms with Crippen LogP contribution in [0.2, 0.25) is 0 Å². The molecular formula is C25H16F3N3O2S. The van der Waals surface area contributed by atoms with Gasteiger partial charge in [-0.05, 0) is 53.6 Å². The van der Waals surface area contributed by atoms with Gasteiger partial charge in [0, 0.05) is 11.8 Å². The van der Waals surface area contributed by atoms with Crippen molar-refractivity contribution in [3.63, 3.8) is 0 Å². The molecule has 0 saturated carbocycles. The van der Waals surface area contributed by atoms with Gasteiger partial charge in [-0.2, -0.15) is 13.2 Å². The quantitative estimate of drug-likeness (QED) is 0.336. The predicted octanol–water partition coefficient (Wildman–Crippen LogP) is 6.14. The Hall–Kier alpha value is -3.98. The van der Waals surface area contributed by atoms with Crippen LogP contribution < -0.4 is 0 Å². The van der Waals surface area contributed by atoms with E-state index in [2.05, 4.69) is 15.0 Å². The van der Waals surface area contributed by atoms with Gasteiger partial charge in [0.05, 0.1) is 21.5 Å². The Balaban J connectivity index is 1.40. The Bertz CT molecular complexity index is 1580. The lowest BCUT2D eigenvalue weighted by molar-refractivity contribution is -0.137. The highest BCUT2D eigenvalue weighted by Crippen LogP contribution is 2.32. The van der Waals surface area contributed by atoms with Crippen LogP contribution in [0.1, 0.15) is 5.56 Å². The van der Waals surface area contributed by atoms with Crippen molar-refractivity contribution in [2.24, 2.45) is 0 Å². The number of nitrogens with one attached hydrogen (secondary N) is 1. The molecule has 170 valence electrons. The van der Waals surface area contributed by atoms with Crippen molar-refractivity contribution in [2.75, 3.05) is 0 Å². The number of alkyl halides is 3. The highest BCUT2D eigenvalue weighted by Gasteiger charge is 2.30. The highest BCUT2D eigenvalue weighted by atomic mass is 32.2. The van der Waals surface area contributed by atoms with E-state index in [9.17, 15) is 21.6 Å². The topological polar surface area (TPSA) is 75.7 Å². The summed E-state index contributed by atoms with van der Waals surface area (Å²) in [5.74, 6) is 0.456. The van der Waals surface area contributed by atoms with Crippen LogP contribution in [0, 0.1) is 0 Å². The van der Waals surface area contributed by atoms with E-state index in [1.165, 1.54) is 30.5 Å². The Kier molecular flexibility index (Phi) is 5.21. The Labute approximate surface area is 192 Å². The van der Waals surface area contributed by atoms with E-state index < -0.39 is 21.6 Å². The maximum absolute atomic E-state index is 13.0. The minimum atomic E-state index is -4.43. The van der Waals surface area contributed by atoms with Crippen molar-refractivity contribution in [2.45, 2.75) is 16.1 Å². The first kappa shape index (κ1) is 21.8. The summed E-state index contributed by atoms with van der Waals surface area (Å²) in [6.45, 7) is 0. The lowest BCUT2D eigenvalue weighted by atomic mass is 10.0. The average Bonchev–Trinajstić information content (AvgIpc) is 3.28. The van der Waals surface area contributed by atoms with Crippen LogP contribution in [-0.4, -0.2) is 23.4 Å². The number of aromatic nitrogens is 3. The molecule has 0 aliphatic carbocycles. The standard InChI is InChI=1S/C25H16F3N3O2S/c26-25(27,28)19-10-13-21-22(15-19)31-24(30-21)18-6-4-16(5-7-18)17-8-11-20(12-9-17)34(32,33)23-3-1-2-14-29-23/h1-15H,(H,30,31). The predicted molar refractivity (Wildman–Crippen MR) is 122 cm³/mol. The molecule has 0 unspecified atom stereocenters. The number of pyridine rings is 1. The molecule has 34 heavy (non-hydrogen) atoms. The summed E-state index contributed by atoms with van der Waals surface area (Å²) in [5, 5.41) is -0.0136. The summed E-state index contributed by atoms with van der Waals surface area (Å²) >= 11 is 0. The number of benzene rings is 3. The number of halogens is 3. The molecule has 0 fully saturated rings. The third kappa shape index (κ3) is 4.06. The molecule has 5 aromatic rings. The van der Waals surface area contributed by atoms with Crippen molar-refractivity contribution in [3.05, 3.63) is 96.7 Å². The number of rotatable bonds is 4. The third-order valence-corrected chi connectivity index (χ3v) is 7.06. The zero-order chi connectivity index (χ0) is 23.9. The van der Waals surface area contributed by atoms with Gasteiger partial charge in [-0.15, -0.1) is 0 Å². The summed E-state index contributed by atoms with van der Waals surface area (Å²) in [4.78, 5) is 11.4. The number of hydrogen-bond donors (Lipinski definition) is 1. The van der Waals surface area contributed by atoms with Crippen molar-refractivity contribution < 1.29 is 21.6 Å². The van der Waals surface area contributed by atoms with Crippen LogP contribution in [0.15, 0.2) is 101 Å². The molecule has 2 aromatic heterocycles. The highest BCUT2D eigenvalue weighted by molar-refractivity contribution is 7.91. The fourth-order valence-electron chi connectivity index (χ4n) is 3.59. The van der Waals surface area contributed by atoms with Crippen LogP contribution in [0.3, 0.4) is 0 Å². The SMILES string of the molecule is O=S(=O)(c1ccc(-c2ccc(-c3nc4cc(C(F)(F)F)ccc4[nH]3)cc2)cc1)c1ccccn1. The van der Waals surface area contributed by atoms with Crippen LogP contribution in [0.4, 0.5) is 13.2 Å². The number of imidazole rings is 1. The monoisotopic (exact) mass is 479 g/mol. The Morgan fingerprint density at radius 3 is 2.03 bits per heavy atom. The number of H-pyrrole nitrogens is 1. The van der Waals surface area contributed by atoms with Gasteiger partial charge in [0.2, 0.25) is 9.84 Å². The molecular weight excluding hydrogens is 463 g/mol. The summed E-state index contributed by atoms with van der Waals surface area (Å²) in [6, 6.07) is 21.9. The minimum absolute atomic E-state index is 0.0136. The van der Waals surface area contributed by atoms with E-state index in [0.29, 0.717) is 16.9 Å². The normalized spacial score (nSPS) is 12.2. The zero-order valence-corrected chi connectivity index (χ0v) is 18.2. The number of sulfone groups is 1. The lowest BCUT2D eigenvalue weighted by Crippen LogP contribution is -2.04. The summed E-state index contributed by atoms with van der Waals surface area (Å²) in [6.07, 6.45) is -3.00. The molecule has 0 atom stereocenters. The van der Waals surface area contributed by atoms with E-state index >= 15 is 0 Å². The molecule has 9 heteroatoms. The first-order chi connectivity index (χ1) is 16.2. The third-order valence-electron chi connectivity index (χ3n) is 5.38. The summed E-state index contributed by atoms with van der Waals surface area (Å²) in [7, 11) is -3.70. The molecule has 0 aliphatic heterocycles. The van der Waals surface area contributed by atoms with Gasteiger partial charge in [-0.3, -0.25) is 0 Å². The van der Waals surface area contributed by atoms with Crippen molar-refractivity contribution in [1.82, 2.24) is 15.0 Å². The second kappa shape index (κ2) is 8.11. The first-order valence-electron chi connectivity index (χ1n) is 10.2. The van der Waals surface area contributed by atoms with E-state index in [4.69, 9.17) is 0 Å². The number of fused-ring (bicyclic) bond motifs is 1. The number of hydrogen-bond acceptors (Lipinski definition) is 4. The second-order valence-corrected chi connectivity index (χ2v) is 9.48. The van der Waals surface area contributed by atoms with Gasteiger partial charge in [-0.25, -0.2) is 18.4 Å². The summed E-state index contributed by atoms with van der Waals surface area (Å²) in [5.41, 5.74) is 2.37. The van der Waals surface area contributed by atoms with E-state index in [0.717, 1.165) is 23.3 Å². The van der Waals surface area contributed by atoms with Gasteiger partial charge in [-0.1, -0.05) is 42.5 Å². The molecule has 0 bridgehead atoms.